The van der Waals surface area contributed by atoms with Crippen molar-refractivity contribution in [2.75, 3.05) is 13.1 Å². The zero-order valence-electron chi connectivity index (χ0n) is 14.6. The minimum Gasteiger partial charge on any atom is -0.370 e. The highest BCUT2D eigenvalue weighted by molar-refractivity contribution is 7.98. The van der Waals surface area contributed by atoms with Crippen LogP contribution in [0.25, 0.3) is 0 Å². The summed E-state index contributed by atoms with van der Waals surface area (Å²) < 4.78 is 2.22. The van der Waals surface area contributed by atoms with Crippen molar-refractivity contribution in [2.24, 2.45) is 4.99 Å². The molecule has 1 N–H and O–H groups in total. The lowest BCUT2D eigenvalue weighted by atomic mass is 10.2. The van der Waals surface area contributed by atoms with E-state index in [1.807, 2.05) is 24.0 Å². The number of nitrogens with one attached hydrogen (secondary N) is 1. The number of benzene rings is 2. The third kappa shape index (κ3) is 3.99. The molecule has 0 saturated carbocycles. The molecule has 0 radical (unpaired) electrons. The average Bonchev–Trinajstić information content (AvgIpc) is 3.15. The number of rotatable bonds is 6. The summed E-state index contributed by atoms with van der Waals surface area (Å²) in [6.45, 7) is 2.76. The van der Waals surface area contributed by atoms with Gasteiger partial charge in [-0.3, -0.25) is 4.99 Å². The van der Waals surface area contributed by atoms with Gasteiger partial charge >= 0.3 is 0 Å². The number of amidine groups is 1. The third-order valence-corrected chi connectivity index (χ3v) is 5.46. The molecule has 1 aliphatic heterocycles. The van der Waals surface area contributed by atoms with Crippen molar-refractivity contribution in [2.45, 2.75) is 23.6 Å². The molecule has 0 fully saturated rings. The lowest BCUT2D eigenvalue weighted by molar-refractivity contribution is 0.741. The van der Waals surface area contributed by atoms with E-state index < -0.39 is 0 Å². The lowest BCUT2D eigenvalue weighted by Gasteiger charge is -2.17. The second-order valence-corrected chi connectivity index (χ2v) is 7.27. The SMILES string of the molecule is c1ccc(Cn2ccnc2CSc2ccccc2C2=NCCCN2)cc1. The summed E-state index contributed by atoms with van der Waals surface area (Å²) >= 11 is 1.82. The fourth-order valence-corrected chi connectivity index (χ4v) is 4.07. The monoisotopic (exact) mass is 362 g/mol. The first-order valence-electron chi connectivity index (χ1n) is 8.94. The fraction of sp³-hybridized carbons (Fsp3) is 0.238. The van der Waals surface area contributed by atoms with Crippen molar-refractivity contribution in [3.05, 3.63) is 83.9 Å². The molecular weight excluding hydrogens is 340 g/mol. The van der Waals surface area contributed by atoms with Crippen LogP contribution in [0.4, 0.5) is 0 Å². The highest BCUT2D eigenvalue weighted by Gasteiger charge is 2.13. The molecule has 0 atom stereocenters. The molecule has 0 saturated heterocycles. The maximum absolute atomic E-state index is 4.65. The topological polar surface area (TPSA) is 42.2 Å². The summed E-state index contributed by atoms with van der Waals surface area (Å²) in [7, 11) is 0. The highest BCUT2D eigenvalue weighted by atomic mass is 32.2. The van der Waals surface area contributed by atoms with Gasteiger partial charge in [0.2, 0.25) is 0 Å². The second kappa shape index (κ2) is 8.23. The number of hydrogen-bond acceptors (Lipinski definition) is 4. The van der Waals surface area contributed by atoms with Gasteiger partial charge in [0.25, 0.3) is 0 Å². The van der Waals surface area contributed by atoms with Crippen LogP contribution in [0.3, 0.4) is 0 Å². The first-order chi connectivity index (χ1) is 12.9. The normalized spacial score (nSPS) is 13.9. The number of thioether (sulfide) groups is 1. The Morgan fingerprint density at radius 3 is 2.73 bits per heavy atom. The number of aromatic nitrogens is 2. The van der Waals surface area contributed by atoms with Crippen LogP contribution in [0.1, 0.15) is 23.4 Å². The summed E-state index contributed by atoms with van der Waals surface area (Å²) in [4.78, 5) is 10.5. The predicted octanol–water partition coefficient (Wildman–Crippen LogP) is 3.96. The molecular formula is C21H22N4S. The van der Waals surface area contributed by atoms with Crippen molar-refractivity contribution < 1.29 is 0 Å². The average molecular weight is 363 g/mol. The molecule has 2 heterocycles. The Kier molecular flexibility index (Phi) is 5.36. The molecule has 5 heteroatoms. The van der Waals surface area contributed by atoms with E-state index in [0.29, 0.717) is 0 Å². The zero-order chi connectivity index (χ0) is 17.6. The van der Waals surface area contributed by atoms with Crippen LogP contribution >= 0.6 is 11.8 Å². The molecule has 0 amide bonds. The van der Waals surface area contributed by atoms with E-state index in [0.717, 1.165) is 43.5 Å². The van der Waals surface area contributed by atoms with Gasteiger partial charge in [0.15, 0.2) is 0 Å². The minimum absolute atomic E-state index is 0.837. The molecule has 4 rings (SSSR count). The Balaban J connectivity index is 1.49. The van der Waals surface area contributed by atoms with Crippen LogP contribution < -0.4 is 5.32 Å². The molecule has 0 bridgehead atoms. The van der Waals surface area contributed by atoms with Crippen LogP contribution in [0, 0.1) is 0 Å². The first-order valence-corrected chi connectivity index (χ1v) is 9.93. The van der Waals surface area contributed by atoms with E-state index in [4.69, 9.17) is 0 Å². The summed E-state index contributed by atoms with van der Waals surface area (Å²) in [5.41, 5.74) is 2.48. The fourth-order valence-electron chi connectivity index (χ4n) is 3.05. The van der Waals surface area contributed by atoms with E-state index in [1.165, 1.54) is 16.0 Å². The van der Waals surface area contributed by atoms with E-state index >= 15 is 0 Å². The molecule has 1 aliphatic rings. The maximum atomic E-state index is 4.65. The van der Waals surface area contributed by atoms with Crippen molar-refractivity contribution >= 4 is 17.6 Å². The van der Waals surface area contributed by atoms with Gasteiger partial charge in [-0.15, -0.1) is 11.8 Å². The molecule has 3 aromatic rings. The highest BCUT2D eigenvalue weighted by Crippen LogP contribution is 2.26. The van der Waals surface area contributed by atoms with E-state index in [9.17, 15) is 0 Å². The molecule has 2 aromatic carbocycles. The van der Waals surface area contributed by atoms with Crippen LogP contribution in [0.5, 0.6) is 0 Å². The number of hydrogen-bond donors (Lipinski definition) is 1. The summed E-state index contributed by atoms with van der Waals surface area (Å²) in [6, 6.07) is 19.0. The van der Waals surface area contributed by atoms with Crippen molar-refractivity contribution in [1.29, 1.82) is 0 Å². The van der Waals surface area contributed by atoms with Crippen LogP contribution in [0.15, 0.2) is 76.9 Å². The molecule has 0 spiro atoms. The van der Waals surface area contributed by atoms with Crippen LogP contribution in [-0.2, 0) is 12.3 Å². The van der Waals surface area contributed by atoms with Crippen LogP contribution in [0.2, 0.25) is 0 Å². The van der Waals surface area contributed by atoms with Crippen molar-refractivity contribution in [1.82, 2.24) is 14.9 Å². The Labute approximate surface area is 158 Å². The molecule has 0 unspecified atom stereocenters. The summed E-state index contributed by atoms with van der Waals surface area (Å²) in [5, 5.41) is 3.43. The molecule has 0 aliphatic carbocycles. The zero-order valence-corrected chi connectivity index (χ0v) is 15.5. The number of imidazole rings is 1. The minimum atomic E-state index is 0.837. The van der Waals surface area contributed by atoms with Gasteiger partial charge < -0.3 is 9.88 Å². The molecule has 1 aromatic heterocycles. The lowest BCUT2D eigenvalue weighted by Crippen LogP contribution is -2.30. The van der Waals surface area contributed by atoms with E-state index in [2.05, 4.69) is 74.6 Å². The van der Waals surface area contributed by atoms with E-state index in [1.54, 1.807) is 0 Å². The standard InChI is InChI=1S/C21H22N4S/c1-2-7-17(8-3-1)15-25-14-13-22-20(25)16-26-19-10-5-4-9-18(19)21-23-11-6-12-24-21/h1-5,7-10,13-14H,6,11-12,15-16H2,(H,23,24). The smallest absolute Gasteiger partial charge is 0.129 e. The summed E-state index contributed by atoms with van der Waals surface area (Å²) in [5.74, 6) is 2.95. The van der Waals surface area contributed by atoms with Gasteiger partial charge in [-0.25, -0.2) is 4.98 Å². The Morgan fingerprint density at radius 1 is 1.04 bits per heavy atom. The Hall–Kier alpha value is -2.53. The van der Waals surface area contributed by atoms with Crippen molar-refractivity contribution in [3.63, 3.8) is 0 Å². The summed E-state index contributed by atoms with van der Waals surface area (Å²) in [6.07, 6.45) is 5.05. The first kappa shape index (κ1) is 16.9. The number of aliphatic imine (C=N–C) groups is 1. The molecule has 26 heavy (non-hydrogen) atoms. The van der Waals surface area contributed by atoms with Gasteiger partial charge in [0, 0.05) is 42.5 Å². The quantitative estimate of drug-likeness (QED) is 0.675. The Morgan fingerprint density at radius 2 is 1.88 bits per heavy atom. The second-order valence-electron chi connectivity index (χ2n) is 6.25. The van der Waals surface area contributed by atoms with Crippen molar-refractivity contribution in [3.8, 4) is 0 Å². The third-order valence-electron chi connectivity index (χ3n) is 4.39. The van der Waals surface area contributed by atoms with Gasteiger partial charge in [-0.1, -0.05) is 48.5 Å². The van der Waals surface area contributed by atoms with Gasteiger partial charge in [0.1, 0.15) is 11.7 Å². The van der Waals surface area contributed by atoms with E-state index in [-0.39, 0.29) is 0 Å². The van der Waals surface area contributed by atoms with Gasteiger partial charge in [-0.05, 0) is 18.1 Å². The predicted molar refractivity (Wildman–Crippen MR) is 108 cm³/mol. The Bertz CT molecular complexity index is 886. The van der Waals surface area contributed by atoms with Crippen LogP contribution in [-0.4, -0.2) is 28.5 Å². The molecule has 132 valence electrons. The van der Waals surface area contributed by atoms with Gasteiger partial charge in [-0.2, -0.15) is 0 Å². The maximum Gasteiger partial charge on any atom is 0.129 e. The largest absolute Gasteiger partial charge is 0.370 e. The molecule has 4 nitrogen and oxygen atoms in total. The number of nitrogens with zero attached hydrogens (tertiary/aromatic N) is 3. The van der Waals surface area contributed by atoms with Gasteiger partial charge in [0.05, 0.1) is 5.75 Å².